The molecule has 1 saturated carbocycles. The molecule has 2 atom stereocenters. The normalized spacial score (nSPS) is 27.9. The molecule has 4 heteroatoms. The van der Waals surface area contributed by atoms with Crippen molar-refractivity contribution in [2.24, 2.45) is 5.92 Å². The van der Waals surface area contributed by atoms with Gasteiger partial charge in [0.2, 0.25) is 0 Å². The van der Waals surface area contributed by atoms with Crippen LogP contribution in [-0.4, -0.2) is 36.5 Å². The van der Waals surface area contributed by atoms with Crippen molar-refractivity contribution >= 4 is 21.7 Å². The summed E-state index contributed by atoms with van der Waals surface area (Å²) < 4.78 is 6.74. The molecule has 0 aromatic heterocycles. The van der Waals surface area contributed by atoms with Gasteiger partial charge in [-0.25, -0.2) is 0 Å². The molecule has 1 aliphatic heterocycles. The highest BCUT2D eigenvalue weighted by molar-refractivity contribution is 9.10. The highest BCUT2D eigenvalue weighted by atomic mass is 79.9. The van der Waals surface area contributed by atoms with Crippen LogP contribution >= 0.6 is 15.9 Å². The second kappa shape index (κ2) is 6.37. The number of hydrogen-bond acceptors (Lipinski definition) is 3. The zero-order valence-electron chi connectivity index (χ0n) is 11.6. The first kappa shape index (κ1) is 14.2. The molecule has 3 rings (SSSR count). The quantitative estimate of drug-likeness (QED) is 0.849. The lowest BCUT2D eigenvalue weighted by Gasteiger charge is -2.38. The first-order valence-corrected chi connectivity index (χ1v) is 8.12. The molecule has 1 aliphatic carbocycles. The molecule has 1 aromatic carbocycles. The van der Waals surface area contributed by atoms with Crippen LogP contribution in [0.15, 0.2) is 28.7 Å². The summed E-state index contributed by atoms with van der Waals surface area (Å²) >= 11 is 3.52. The smallest absolute Gasteiger partial charge is 0.137 e. The van der Waals surface area contributed by atoms with Crippen LogP contribution in [0.1, 0.15) is 24.8 Å². The molecule has 2 fully saturated rings. The molecule has 3 nitrogen and oxygen atoms in total. The Balaban J connectivity index is 1.73. The van der Waals surface area contributed by atoms with Gasteiger partial charge in [-0.15, -0.1) is 0 Å². The number of ketones is 1. The maximum absolute atomic E-state index is 12.0. The van der Waals surface area contributed by atoms with Gasteiger partial charge in [-0.1, -0.05) is 28.1 Å². The van der Waals surface area contributed by atoms with Crippen LogP contribution in [0.3, 0.4) is 0 Å². The molecular weight excluding hydrogens is 318 g/mol. The minimum absolute atomic E-state index is 0.183. The summed E-state index contributed by atoms with van der Waals surface area (Å²) in [6, 6.07) is 8.67. The van der Waals surface area contributed by atoms with E-state index in [1.807, 2.05) is 6.07 Å². The summed E-state index contributed by atoms with van der Waals surface area (Å²) in [6.07, 6.45) is 2.83. The molecule has 0 spiro atoms. The topological polar surface area (TPSA) is 29.5 Å². The lowest BCUT2D eigenvalue weighted by molar-refractivity contribution is -0.125. The number of nitrogens with zero attached hydrogens (tertiary/aromatic N) is 1. The number of morpholine rings is 1. The van der Waals surface area contributed by atoms with E-state index in [-0.39, 0.29) is 12.0 Å². The third-order valence-electron chi connectivity index (χ3n) is 4.37. The molecule has 1 saturated heterocycles. The number of carbonyl (C=O) groups excluding carboxylic acids is 1. The van der Waals surface area contributed by atoms with E-state index < -0.39 is 0 Å². The fraction of sp³-hybridized carbons (Fsp3) is 0.562. The van der Waals surface area contributed by atoms with E-state index in [9.17, 15) is 4.79 Å². The second-order valence-electron chi connectivity index (χ2n) is 5.71. The Morgan fingerprint density at radius 3 is 3.05 bits per heavy atom. The van der Waals surface area contributed by atoms with Crippen molar-refractivity contribution in [2.45, 2.75) is 31.8 Å². The van der Waals surface area contributed by atoms with E-state index in [0.717, 1.165) is 43.4 Å². The van der Waals surface area contributed by atoms with Gasteiger partial charge < -0.3 is 4.74 Å². The standard InChI is InChI=1S/C16H20BrNO2/c17-13-4-1-3-12(9-13)10-18-7-8-20-11-15(18)14-5-2-6-16(14)19/h1,3-4,9,14-15H,2,5-8,10-11H2/t14-,15-/m0/s1. The molecule has 2 aliphatic rings. The van der Waals surface area contributed by atoms with Crippen LogP contribution in [0.2, 0.25) is 0 Å². The lowest BCUT2D eigenvalue weighted by atomic mass is 9.95. The zero-order valence-corrected chi connectivity index (χ0v) is 13.1. The predicted molar refractivity (Wildman–Crippen MR) is 81.5 cm³/mol. The van der Waals surface area contributed by atoms with Gasteiger partial charge in [0, 0.05) is 35.9 Å². The largest absolute Gasteiger partial charge is 0.378 e. The number of hydrogen-bond donors (Lipinski definition) is 0. The molecule has 20 heavy (non-hydrogen) atoms. The number of halogens is 1. The molecule has 108 valence electrons. The number of rotatable bonds is 3. The third kappa shape index (κ3) is 3.13. The Morgan fingerprint density at radius 1 is 1.40 bits per heavy atom. The van der Waals surface area contributed by atoms with E-state index in [2.05, 4.69) is 39.0 Å². The fourth-order valence-electron chi connectivity index (χ4n) is 3.34. The molecular formula is C16H20BrNO2. The average Bonchev–Trinajstić information content (AvgIpc) is 2.86. The van der Waals surface area contributed by atoms with Crippen molar-refractivity contribution < 1.29 is 9.53 Å². The fourth-order valence-corrected chi connectivity index (χ4v) is 3.79. The van der Waals surface area contributed by atoms with Crippen LogP contribution in [-0.2, 0) is 16.1 Å². The average molecular weight is 338 g/mol. The van der Waals surface area contributed by atoms with E-state index in [0.29, 0.717) is 12.4 Å². The van der Waals surface area contributed by atoms with E-state index >= 15 is 0 Å². The van der Waals surface area contributed by atoms with Gasteiger partial charge in [-0.3, -0.25) is 9.69 Å². The number of Topliss-reactive ketones (excluding diaryl/α,β-unsaturated/α-hetero) is 1. The Hall–Kier alpha value is -0.710. The van der Waals surface area contributed by atoms with Gasteiger partial charge in [0.1, 0.15) is 5.78 Å². The SMILES string of the molecule is O=C1CCC[C@H]1[C@@H]1COCCN1Cc1cccc(Br)c1. The number of ether oxygens (including phenoxy) is 1. The monoisotopic (exact) mass is 337 g/mol. The molecule has 1 heterocycles. The van der Waals surface area contributed by atoms with E-state index in [1.165, 1.54) is 5.56 Å². The zero-order chi connectivity index (χ0) is 13.9. The molecule has 0 bridgehead atoms. The van der Waals surface area contributed by atoms with Crippen molar-refractivity contribution in [1.29, 1.82) is 0 Å². The predicted octanol–water partition coefficient (Wildman–Crippen LogP) is 3.02. The highest BCUT2D eigenvalue weighted by Gasteiger charge is 2.37. The van der Waals surface area contributed by atoms with Crippen molar-refractivity contribution in [3.63, 3.8) is 0 Å². The van der Waals surface area contributed by atoms with Crippen LogP contribution in [0, 0.1) is 5.92 Å². The summed E-state index contributed by atoms with van der Waals surface area (Å²) in [4.78, 5) is 14.5. The number of benzene rings is 1. The van der Waals surface area contributed by atoms with Gasteiger partial charge in [0.05, 0.1) is 13.2 Å². The van der Waals surface area contributed by atoms with Crippen molar-refractivity contribution in [1.82, 2.24) is 4.90 Å². The Morgan fingerprint density at radius 2 is 2.30 bits per heavy atom. The Labute approximate surface area is 128 Å². The Bertz CT molecular complexity index is 491. The molecule has 0 N–H and O–H groups in total. The second-order valence-corrected chi connectivity index (χ2v) is 6.62. The summed E-state index contributed by atoms with van der Waals surface area (Å²) in [5.41, 5.74) is 1.29. The highest BCUT2D eigenvalue weighted by Crippen LogP contribution is 2.30. The maximum Gasteiger partial charge on any atom is 0.137 e. The summed E-state index contributed by atoms with van der Waals surface area (Å²) in [7, 11) is 0. The van der Waals surface area contributed by atoms with Crippen LogP contribution < -0.4 is 0 Å². The van der Waals surface area contributed by atoms with Gasteiger partial charge in [0.15, 0.2) is 0 Å². The molecule has 1 aromatic rings. The van der Waals surface area contributed by atoms with Crippen LogP contribution in [0.4, 0.5) is 0 Å². The van der Waals surface area contributed by atoms with Crippen LogP contribution in [0.5, 0.6) is 0 Å². The first-order valence-electron chi connectivity index (χ1n) is 7.33. The van der Waals surface area contributed by atoms with Gasteiger partial charge >= 0.3 is 0 Å². The molecule has 0 amide bonds. The molecule has 0 radical (unpaired) electrons. The number of carbonyl (C=O) groups is 1. The lowest BCUT2D eigenvalue weighted by Crippen LogP contribution is -2.49. The summed E-state index contributed by atoms with van der Waals surface area (Å²) in [6.45, 7) is 3.29. The van der Waals surface area contributed by atoms with Gasteiger partial charge in [0.25, 0.3) is 0 Å². The first-order chi connectivity index (χ1) is 9.74. The third-order valence-corrected chi connectivity index (χ3v) is 4.86. The summed E-state index contributed by atoms with van der Waals surface area (Å²) in [5, 5.41) is 0. The van der Waals surface area contributed by atoms with Crippen LogP contribution in [0.25, 0.3) is 0 Å². The minimum atomic E-state index is 0.183. The van der Waals surface area contributed by atoms with Gasteiger partial charge in [-0.2, -0.15) is 0 Å². The van der Waals surface area contributed by atoms with Crippen molar-refractivity contribution in [3.05, 3.63) is 34.3 Å². The Kier molecular flexibility index (Phi) is 4.54. The van der Waals surface area contributed by atoms with Crippen molar-refractivity contribution in [3.8, 4) is 0 Å². The summed E-state index contributed by atoms with van der Waals surface area (Å²) in [5.74, 6) is 0.613. The van der Waals surface area contributed by atoms with E-state index in [1.54, 1.807) is 0 Å². The van der Waals surface area contributed by atoms with Gasteiger partial charge in [-0.05, 0) is 30.5 Å². The van der Waals surface area contributed by atoms with Crippen molar-refractivity contribution in [2.75, 3.05) is 19.8 Å². The van der Waals surface area contributed by atoms with E-state index in [4.69, 9.17) is 4.74 Å². The maximum atomic E-state index is 12.0. The molecule has 0 unspecified atom stereocenters. The minimum Gasteiger partial charge on any atom is -0.378 e.